The molecule has 2 heterocycles. The minimum Gasteiger partial charge on any atom is -0.481 e. The molecule has 8 nitrogen and oxygen atoms in total. The normalized spacial score (nSPS) is 22.9. The predicted molar refractivity (Wildman–Crippen MR) is 105 cm³/mol. The van der Waals surface area contributed by atoms with Crippen LogP contribution in [0.3, 0.4) is 0 Å². The van der Waals surface area contributed by atoms with Crippen LogP contribution >= 0.6 is 0 Å². The summed E-state index contributed by atoms with van der Waals surface area (Å²) in [4.78, 5) is 30.6. The van der Waals surface area contributed by atoms with Crippen molar-refractivity contribution in [2.24, 2.45) is 5.92 Å². The van der Waals surface area contributed by atoms with E-state index in [0.717, 1.165) is 37.8 Å². The van der Waals surface area contributed by atoms with E-state index in [1.54, 1.807) is 0 Å². The lowest BCUT2D eigenvalue weighted by molar-refractivity contribution is -0.145. The fourth-order valence-corrected chi connectivity index (χ4v) is 4.50. The van der Waals surface area contributed by atoms with Crippen LogP contribution in [0.4, 0.5) is 8.78 Å². The number of benzene rings is 1. The lowest BCUT2D eigenvalue weighted by atomic mass is 9.87. The van der Waals surface area contributed by atoms with Gasteiger partial charge < -0.3 is 14.9 Å². The molecule has 0 radical (unpaired) electrons. The molecule has 1 aliphatic carbocycles. The standard InChI is InChI=1S/C21H24F2N4O4/c22-12-6-7-14(16(23)10-12)20-25-18(26-31-20)19(28)24-17-8-9-27(11-15(17)21(29)30)13-4-2-1-3-5-13/h6-7,10,13,15,17H,1-5,8-9,11H2,(H,24,28)(H,29,30)/t15-,17-/m0/s1. The summed E-state index contributed by atoms with van der Waals surface area (Å²) < 4.78 is 31.9. The van der Waals surface area contributed by atoms with Gasteiger partial charge in [-0.2, -0.15) is 4.98 Å². The number of piperidine rings is 1. The number of halogens is 2. The number of carboxylic acid groups (broad SMARTS) is 1. The lowest BCUT2D eigenvalue weighted by Gasteiger charge is -2.42. The third-order valence-electron chi connectivity index (χ3n) is 6.16. The van der Waals surface area contributed by atoms with Gasteiger partial charge in [0.25, 0.3) is 17.6 Å². The highest BCUT2D eigenvalue weighted by Crippen LogP contribution is 2.28. The summed E-state index contributed by atoms with van der Waals surface area (Å²) in [6.45, 7) is 1.08. The molecule has 2 fully saturated rings. The fraction of sp³-hybridized carbons (Fsp3) is 0.524. The van der Waals surface area contributed by atoms with Crippen molar-refractivity contribution in [3.05, 3.63) is 35.7 Å². The summed E-state index contributed by atoms with van der Waals surface area (Å²) in [7, 11) is 0. The second-order valence-corrected chi connectivity index (χ2v) is 8.15. The zero-order chi connectivity index (χ0) is 22.0. The molecule has 10 heteroatoms. The Labute approximate surface area is 177 Å². The molecule has 0 unspecified atom stereocenters. The van der Waals surface area contributed by atoms with Crippen molar-refractivity contribution in [3.8, 4) is 11.5 Å². The molecule has 0 spiro atoms. The molecule has 1 saturated heterocycles. The minimum absolute atomic E-state index is 0.128. The maximum absolute atomic E-state index is 13.9. The van der Waals surface area contributed by atoms with Crippen molar-refractivity contribution in [3.63, 3.8) is 0 Å². The highest BCUT2D eigenvalue weighted by molar-refractivity contribution is 5.91. The van der Waals surface area contributed by atoms with Gasteiger partial charge in [0.1, 0.15) is 11.6 Å². The Morgan fingerprint density at radius 2 is 1.94 bits per heavy atom. The first-order valence-electron chi connectivity index (χ1n) is 10.5. The van der Waals surface area contributed by atoms with Crippen LogP contribution in [-0.4, -0.2) is 57.2 Å². The van der Waals surface area contributed by atoms with Gasteiger partial charge in [-0.15, -0.1) is 0 Å². The van der Waals surface area contributed by atoms with Crippen LogP contribution in [-0.2, 0) is 4.79 Å². The van der Waals surface area contributed by atoms with Gasteiger partial charge in [-0.3, -0.25) is 14.5 Å². The first kappa shape index (κ1) is 21.4. The Morgan fingerprint density at radius 1 is 1.16 bits per heavy atom. The molecule has 2 aliphatic rings. The monoisotopic (exact) mass is 434 g/mol. The summed E-state index contributed by atoms with van der Waals surface area (Å²) in [6.07, 6.45) is 6.20. The van der Waals surface area contributed by atoms with E-state index in [1.165, 1.54) is 6.42 Å². The number of hydrogen-bond acceptors (Lipinski definition) is 6. The van der Waals surface area contributed by atoms with Crippen molar-refractivity contribution in [1.82, 2.24) is 20.4 Å². The summed E-state index contributed by atoms with van der Waals surface area (Å²) in [5, 5.41) is 16.0. The Morgan fingerprint density at radius 3 is 2.65 bits per heavy atom. The van der Waals surface area contributed by atoms with Crippen molar-refractivity contribution < 1.29 is 28.0 Å². The highest BCUT2D eigenvalue weighted by atomic mass is 19.1. The predicted octanol–water partition coefficient (Wildman–Crippen LogP) is 2.85. The average molecular weight is 434 g/mol. The third kappa shape index (κ3) is 4.73. The largest absolute Gasteiger partial charge is 0.481 e. The number of aromatic nitrogens is 2. The molecule has 1 aromatic heterocycles. The van der Waals surface area contributed by atoms with Crippen LogP contribution in [0.2, 0.25) is 0 Å². The second-order valence-electron chi connectivity index (χ2n) is 8.15. The number of carboxylic acids is 1. The van der Waals surface area contributed by atoms with Crippen LogP contribution in [0.25, 0.3) is 11.5 Å². The van der Waals surface area contributed by atoms with Crippen LogP contribution in [0, 0.1) is 17.6 Å². The molecule has 2 aromatic rings. The molecular formula is C21H24F2N4O4. The van der Waals surface area contributed by atoms with Crippen molar-refractivity contribution >= 4 is 11.9 Å². The Balaban J connectivity index is 1.43. The van der Waals surface area contributed by atoms with Gasteiger partial charge in [0, 0.05) is 31.2 Å². The summed E-state index contributed by atoms with van der Waals surface area (Å²) in [6, 6.07) is 2.69. The van der Waals surface area contributed by atoms with Crippen LogP contribution < -0.4 is 5.32 Å². The number of hydrogen-bond donors (Lipinski definition) is 2. The van der Waals surface area contributed by atoms with Crippen molar-refractivity contribution in [2.45, 2.75) is 50.6 Å². The number of rotatable bonds is 5. The molecule has 31 heavy (non-hydrogen) atoms. The Bertz CT molecular complexity index is 961. The number of likely N-dealkylation sites (tertiary alicyclic amines) is 1. The molecule has 166 valence electrons. The Kier molecular flexibility index (Phi) is 6.26. The van der Waals surface area contributed by atoms with Crippen molar-refractivity contribution in [2.75, 3.05) is 13.1 Å². The van der Waals surface area contributed by atoms with E-state index >= 15 is 0 Å². The first-order valence-corrected chi connectivity index (χ1v) is 10.5. The van der Waals surface area contributed by atoms with Crippen LogP contribution in [0.15, 0.2) is 22.7 Å². The van der Waals surface area contributed by atoms with E-state index in [4.69, 9.17) is 4.52 Å². The Hall–Kier alpha value is -2.88. The van der Waals surface area contributed by atoms with Gasteiger partial charge in [0.15, 0.2) is 0 Å². The highest BCUT2D eigenvalue weighted by Gasteiger charge is 2.38. The molecule has 1 saturated carbocycles. The van der Waals surface area contributed by atoms with Gasteiger partial charge in [0.05, 0.1) is 11.5 Å². The molecule has 1 aliphatic heterocycles. The van der Waals surface area contributed by atoms with E-state index in [0.29, 0.717) is 31.6 Å². The molecular weight excluding hydrogens is 410 g/mol. The van der Waals surface area contributed by atoms with E-state index in [-0.39, 0.29) is 17.3 Å². The van der Waals surface area contributed by atoms with E-state index in [9.17, 15) is 23.5 Å². The number of carbonyl (C=O) groups excluding carboxylic acids is 1. The number of amides is 1. The second kappa shape index (κ2) is 9.09. The quantitative estimate of drug-likeness (QED) is 0.745. The van der Waals surface area contributed by atoms with E-state index < -0.39 is 35.5 Å². The maximum atomic E-state index is 13.9. The van der Waals surface area contributed by atoms with E-state index in [1.807, 2.05) is 0 Å². The fourth-order valence-electron chi connectivity index (χ4n) is 4.50. The SMILES string of the molecule is O=C(N[C@H]1CCN(C2CCCCC2)C[C@@H]1C(=O)O)c1noc(-c2ccc(F)cc2F)n1. The van der Waals surface area contributed by atoms with Crippen LogP contribution in [0.5, 0.6) is 0 Å². The zero-order valence-electron chi connectivity index (χ0n) is 16.9. The van der Waals surface area contributed by atoms with Gasteiger partial charge >= 0.3 is 5.97 Å². The summed E-state index contributed by atoms with van der Waals surface area (Å²) in [5.41, 5.74) is -0.128. The van der Waals surface area contributed by atoms with Gasteiger partial charge in [-0.25, -0.2) is 8.78 Å². The van der Waals surface area contributed by atoms with Gasteiger partial charge in [-0.1, -0.05) is 24.4 Å². The molecule has 1 amide bonds. The molecule has 4 rings (SSSR count). The summed E-state index contributed by atoms with van der Waals surface area (Å²) >= 11 is 0. The number of nitrogens with one attached hydrogen (secondary N) is 1. The number of carbonyl (C=O) groups is 2. The molecule has 2 N–H and O–H groups in total. The zero-order valence-corrected chi connectivity index (χ0v) is 16.9. The minimum atomic E-state index is -0.965. The number of aliphatic carboxylic acids is 1. The van der Waals surface area contributed by atoms with Gasteiger partial charge in [0.2, 0.25) is 0 Å². The third-order valence-corrected chi connectivity index (χ3v) is 6.16. The topological polar surface area (TPSA) is 109 Å². The van der Waals surface area contributed by atoms with Gasteiger partial charge in [-0.05, 0) is 31.4 Å². The average Bonchev–Trinajstić information content (AvgIpc) is 3.24. The smallest absolute Gasteiger partial charge is 0.309 e. The van der Waals surface area contributed by atoms with Crippen molar-refractivity contribution in [1.29, 1.82) is 0 Å². The number of nitrogens with zero attached hydrogens (tertiary/aromatic N) is 3. The molecule has 1 aromatic carbocycles. The molecule has 2 atom stereocenters. The molecule has 0 bridgehead atoms. The lowest BCUT2D eigenvalue weighted by Crippen LogP contribution is -2.56. The first-order chi connectivity index (χ1) is 14.9. The maximum Gasteiger partial charge on any atom is 0.309 e. The van der Waals surface area contributed by atoms with E-state index in [2.05, 4.69) is 20.4 Å². The van der Waals surface area contributed by atoms with Crippen LogP contribution in [0.1, 0.15) is 49.1 Å². The summed E-state index contributed by atoms with van der Waals surface area (Å²) in [5.74, 6) is -4.65.